The van der Waals surface area contributed by atoms with E-state index >= 15 is 0 Å². The van der Waals surface area contributed by atoms with Crippen LogP contribution in [0.3, 0.4) is 0 Å². The molecule has 1 saturated heterocycles. The molecule has 0 aromatic carbocycles. The molecule has 1 aliphatic heterocycles. The van der Waals surface area contributed by atoms with Gasteiger partial charge in [-0.1, -0.05) is 6.92 Å². The van der Waals surface area contributed by atoms with Crippen LogP contribution in [0.5, 0.6) is 5.75 Å². The number of ether oxygens (including phenoxy) is 1. The number of anilines is 1. The maximum absolute atomic E-state index is 9.45. The maximum Gasteiger partial charge on any atom is 0.138 e. The van der Waals surface area contributed by atoms with Gasteiger partial charge in [-0.3, -0.25) is 0 Å². The number of nitrogens with zero attached hydrogens (tertiary/aromatic N) is 5. The van der Waals surface area contributed by atoms with Gasteiger partial charge in [0.25, 0.3) is 0 Å². The molecule has 6 nitrogen and oxygen atoms in total. The van der Waals surface area contributed by atoms with Crippen LogP contribution >= 0.6 is 0 Å². The SMILES string of the molecule is CCOc1cc(-c2ccc(N3CCC(C)CC3)nc2)c2c(C#N)cnn2c1. The fraction of sp³-hybridized carbons (Fsp3) is 0.381. The Bertz CT molecular complexity index is 978. The lowest BCUT2D eigenvalue weighted by atomic mass is 9.99. The van der Waals surface area contributed by atoms with Crippen LogP contribution in [-0.2, 0) is 0 Å². The molecule has 0 amide bonds. The summed E-state index contributed by atoms with van der Waals surface area (Å²) >= 11 is 0. The molecule has 1 fully saturated rings. The normalized spacial score (nSPS) is 15.1. The molecule has 138 valence electrons. The first kappa shape index (κ1) is 17.3. The molecule has 3 aromatic rings. The summed E-state index contributed by atoms with van der Waals surface area (Å²) in [6.45, 7) is 6.94. The zero-order chi connectivity index (χ0) is 18.8. The van der Waals surface area contributed by atoms with Gasteiger partial charge in [0.15, 0.2) is 0 Å². The Hall–Kier alpha value is -3.07. The molecule has 0 N–H and O–H groups in total. The van der Waals surface area contributed by atoms with Crippen molar-refractivity contribution in [2.75, 3.05) is 24.6 Å². The lowest BCUT2D eigenvalue weighted by Gasteiger charge is -2.31. The summed E-state index contributed by atoms with van der Waals surface area (Å²) in [6.07, 6.45) is 7.70. The molecule has 27 heavy (non-hydrogen) atoms. The molecule has 3 aromatic heterocycles. The summed E-state index contributed by atoms with van der Waals surface area (Å²) in [5.74, 6) is 2.53. The van der Waals surface area contributed by atoms with Crippen LogP contribution < -0.4 is 9.64 Å². The van der Waals surface area contributed by atoms with Gasteiger partial charge in [0, 0.05) is 30.4 Å². The topological polar surface area (TPSA) is 66.5 Å². The summed E-state index contributed by atoms with van der Waals surface area (Å²) in [6, 6.07) is 8.32. The van der Waals surface area contributed by atoms with Crippen LogP contribution in [0.15, 0.2) is 36.8 Å². The molecule has 0 aliphatic carbocycles. The second kappa shape index (κ2) is 7.28. The molecular formula is C21H23N5O. The largest absolute Gasteiger partial charge is 0.492 e. The Morgan fingerprint density at radius 2 is 2.07 bits per heavy atom. The third-order valence-electron chi connectivity index (χ3n) is 5.18. The number of aromatic nitrogens is 3. The molecule has 4 rings (SSSR count). The van der Waals surface area contributed by atoms with Gasteiger partial charge in [-0.25, -0.2) is 9.50 Å². The Kier molecular flexibility index (Phi) is 4.68. The number of fused-ring (bicyclic) bond motifs is 1. The van der Waals surface area contributed by atoms with E-state index in [2.05, 4.69) is 35.1 Å². The Balaban J connectivity index is 1.73. The van der Waals surface area contributed by atoms with Crippen molar-refractivity contribution in [3.8, 4) is 22.9 Å². The molecule has 0 bridgehead atoms. The molecule has 4 heterocycles. The fourth-order valence-electron chi connectivity index (χ4n) is 3.61. The van der Waals surface area contributed by atoms with E-state index in [0.717, 1.165) is 47.2 Å². The smallest absolute Gasteiger partial charge is 0.138 e. The molecule has 0 unspecified atom stereocenters. The van der Waals surface area contributed by atoms with E-state index in [0.29, 0.717) is 12.2 Å². The van der Waals surface area contributed by atoms with E-state index in [-0.39, 0.29) is 0 Å². The number of rotatable bonds is 4. The number of hydrogen-bond acceptors (Lipinski definition) is 5. The average Bonchev–Trinajstić information content (AvgIpc) is 3.11. The lowest BCUT2D eigenvalue weighted by Crippen LogP contribution is -2.33. The Morgan fingerprint density at radius 3 is 2.74 bits per heavy atom. The van der Waals surface area contributed by atoms with Crippen molar-refractivity contribution >= 4 is 11.3 Å². The summed E-state index contributed by atoms with van der Waals surface area (Å²) in [4.78, 5) is 7.04. The van der Waals surface area contributed by atoms with Crippen molar-refractivity contribution in [3.05, 3.63) is 42.4 Å². The minimum Gasteiger partial charge on any atom is -0.492 e. The van der Waals surface area contributed by atoms with E-state index in [1.165, 1.54) is 12.8 Å². The number of nitriles is 1. The quantitative estimate of drug-likeness (QED) is 0.705. The molecule has 0 spiro atoms. The van der Waals surface area contributed by atoms with E-state index in [4.69, 9.17) is 9.72 Å². The van der Waals surface area contributed by atoms with Gasteiger partial charge < -0.3 is 9.64 Å². The van der Waals surface area contributed by atoms with Crippen LogP contribution in [0.1, 0.15) is 32.3 Å². The van der Waals surface area contributed by atoms with Crippen LogP contribution in [0.2, 0.25) is 0 Å². The second-order valence-corrected chi connectivity index (χ2v) is 7.06. The molecule has 0 atom stereocenters. The van der Waals surface area contributed by atoms with E-state index in [1.807, 2.05) is 19.2 Å². The second-order valence-electron chi connectivity index (χ2n) is 7.06. The highest BCUT2D eigenvalue weighted by molar-refractivity contribution is 5.85. The van der Waals surface area contributed by atoms with Crippen LogP contribution in [-0.4, -0.2) is 34.3 Å². The first-order chi connectivity index (χ1) is 13.2. The van der Waals surface area contributed by atoms with Crippen LogP contribution in [0, 0.1) is 17.2 Å². The van der Waals surface area contributed by atoms with Gasteiger partial charge in [-0.2, -0.15) is 10.4 Å². The van der Waals surface area contributed by atoms with Crippen molar-refractivity contribution in [1.82, 2.24) is 14.6 Å². The fourth-order valence-corrected chi connectivity index (χ4v) is 3.61. The van der Waals surface area contributed by atoms with E-state index < -0.39 is 0 Å². The Labute approximate surface area is 159 Å². The Morgan fingerprint density at radius 1 is 1.26 bits per heavy atom. The molecular weight excluding hydrogens is 338 g/mol. The van der Waals surface area contributed by atoms with Crippen molar-refractivity contribution in [2.24, 2.45) is 5.92 Å². The summed E-state index contributed by atoms with van der Waals surface area (Å²) in [7, 11) is 0. The summed E-state index contributed by atoms with van der Waals surface area (Å²) < 4.78 is 7.38. The predicted molar refractivity (Wildman–Crippen MR) is 105 cm³/mol. The maximum atomic E-state index is 9.45. The molecule has 1 aliphatic rings. The van der Waals surface area contributed by atoms with Crippen molar-refractivity contribution < 1.29 is 4.74 Å². The van der Waals surface area contributed by atoms with Gasteiger partial charge in [-0.05, 0) is 43.9 Å². The highest BCUT2D eigenvalue weighted by Gasteiger charge is 2.18. The third-order valence-corrected chi connectivity index (χ3v) is 5.18. The van der Waals surface area contributed by atoms with Crippen molar-refractivity contribution in [3.63, 3.8) is 0 Å². The minimum absolute atomic E-state index is 0.544. The van der Waals surface area contributed by atoms with Crippen LogP contribution in [0.25, 0.3) is 16.6 Å². The van der Waals surface area contributed by atoms with Crippen molar-refractivity contribution in [1.29, 1.82) is 5.26 Å². The summed E-state index contributed by atoms with van der Waals surface area (Å²) in [5.41, 5.74) is 3.18. The summed E-state index contributed by atoms with van der Waals surface area (Å²) in [5, 5.41) is 13.7. The predicted octanol–water partition coefficient (Wildman–Crippen LogP) is 3.90. The van der Waals surface area contributed by atoms with Crippen molar-refractivity contribution in [2.45, 2.75) is 26.7 Å². The number of pyridine rings is 2. The third kappa shape index (κ3) is 3.33. The average molecular weight is 361 g/mol. The highest BCUT2D eigenvalue weighted by atomic mass is 16.5. The van der Waals surface area contributed by atoms with Gasteiger partial charge in [-0.15, -0.1) is 0 Å². The minimum atomic E-state index is 0.544. The van der Waals surface area contributed by atoms with E-state index in [9.17, 15) is 5.26 Å². The zero-order valence-electron chi connectivity index (χ0n) is 15.7. The highest BCUT2D eigenvalue weighted by Crippen LogP contribution is 2.31. The number of hydrogen-bond donors (Lipinski definition) is 0. The van der Waals surface area contributed by atoms with E-state index in [1.54, 1.807) is 16.9 Å². The monoisotopic (exact) mass is 361 g/mol. The van der Waals surface area contributed by atoms with Gasteiger partial charge >= 0.3 is 0 Å². The molecule has 6 heteroatoms. The first-order valence-electron chi connectivity index (χ1n) is 9.45. The van der Waals surface area contributed by atoms with Gasteiger partial charge in [0.05, 0.1) is 30.1 Å². The van der Waals surface area contributed by atoms with Gasteiger partial charge in [0.2, 0.25) is 0 Å². The van der Waals surface area contributed by atoms with Crippen LogP contribution in [0.4, 0.5) is 5.82 Å². The van der Waals surface area contributed by atoms with Gasteiger partial charge in [0.1, 0.15) is 17.6 Å². The zero-order valence-corrected chi connectivity index (χ0v) is 15.7. The lowest BCUT2D eigenvalue weighted by molar-refractivity contribution is 0.338. The number of piperidine rings is 1. The standard InChI is InChI=1S/C21H23N5O/c1-3-27-18-10-19(21-17(11-22)13-24-26(21)14-18)16-4-5-20(23-12-16)25-8-6-15(2)7-9-25/h4-5,10,12-15H,3,6-9H2,1-2H3. The first-order valence-corrected chi connectivity index (χ1v) is 9.45. The molecule has 0 saturated carbocycles. The molecule has 0 radical (unpaired) electrons.